The molecule has 0 bridgehead atoms. The molecule has 0 saturated carbocycles. The molecule has 3 rings (SSSR count). The van der Waals surface area contributed by atoms with Gasteiger partial charge in [-0.05, 0) is 25.0 Å². The molecule has 6 nitrogen and oxygen atoms in total. The van der Waals surface area contributed by atoms with Crippen molar-refractivity contribution in [2.24, 2.45) is 4.99 Å². The zero-order chi connectivity index (χ0) is 16.9. The monoisotopic (exact) mass is 346 g/mol. The van der Waals surface area contributed by atoms with Gasteiger partial charge in [0.05, 0.1) is 0 Å². The third-order valence-corrected chi connectivity index (χ3v) is 4.49. The Hall–Kier alpha value is -2.08. The lowest BCUT2D eigenvalue weighted by Crippen LogP contribution is -2.38. The van der Waals surface area contributed by atoms with E-state index in [4.69, 9.17) is 16.6 Å². The number of aromatic nitrogens is 3. The minimum atomic E-state index is 0.530. The van der Waals surface area contributed by atoms with Gasteiger partial charge in [-0.1, -0.05) is 29.8 Å². The molecule has 2 heterocycles. The van der Waals surface area contributed by atoms with Crippen LogP contribution in [-0.4, -0.2) is 39.2 Å². The normalized spacial score (nSPS) is 13.9. The van der Waals surface area contributed by atoms with Crippen LogP contribution in [-0.2, 0) is 26.1 Å². The minimum absolute atomic E-state index is 0.530. The number of guanidine groups is 1. The number of nitrogens with one attached hydrogen (secondary N) is 1. The molecular formula is C17H23ClN6. The number of aryl methyl sites for hydroxylation is 1. The molecule has 0 aliphatic carbocycles. The molecule has 2 aromatic rings. The quantitative estimate of drug-likeness (QED) is 0.667. The highest BCUT2D eigenvalue weighted by Gasteiger charge is 2.17. The van der Waals surface area contributed by atoms with Crippen LogP contribution in [0.4, 0.5) is 0 Å². The number of halogens is 1. The van der Waals surface area contributed by atoms with E-state index >= 15 is 0 Å². The molecule has 7 heteroatoms. The molecule has 1 aliphatic rings. The molecule has 128 valence electrons. The van der Waals surface area contributed by atoms with Crippen LogP contribution in [0.3, 0.4) is 0 Å². The smallest absolute Gasteiger partial charge is 0.194 e. The predicted molar refractivity (Wildman–Crippen MR) is 96.1 cm³/mol. The SMILES string of the molecule is CCNC(=NCc1nnc2n1CCC2)N(C)Cc1ccccc1Cl. The Kier molecular flexibility index (Phi) is 5.35. The summed E-state index contributed by atoms with van der Waals surface area (Å²) in [7, 11) is 2.01. The molecule has 0 atom stereocenters. The standard InChI is InChI=1S/C17H23ClN6/c1-3-19-17(23(2)12-13-7-4-5-8-14(13)18)20-11-16-22-21-15-9-6-10-24(15)16/h4-5,7-8H,3,6,9-12H2,1-2H3,(H,19,20). The molecular weight excluding hydrogens is 324 g/mol. The van der Waals surface area contributed by atoms with Crippen molar-refractivity contribution in [2.75, 3.05) is 13.6 Å². The maximum Gasteiger partial charge on any atom is 0.194 e. The number of hydrogen-bond acceptors (Lipinski definition) is 3. The van der Waals surface area contributed by atoms with Crippen LogP contribution in [0.25, 0.3) is 0 Å². The lowest BCUT2D eigenvalue weighted by Gasteiger charge is -2.22. The molecule has 0 spiro atoms. The van der Waals surface area contributed by atoms with Crippen LogP contribution in [0.15, 0.2) is 29.3 Å². The van der Waals surface area contributed by atoms with Gasteiger partial charge < -0.3 is 14.8 Å². The highest BCUT2D eigenvalue weighted by molar-refractivity contribution is 6.31. The summed E-state index contributed by atoms with van der Waals surface area (Å²) in [5.74, 6) is 2.85. The predicted octanol–water partition coefficient (Wildman–Crippen LogP) is 2.48. The largest absolute Gasteiger partial charge is 0.357 e. The fourth-order valence-corrected chi connectivity index (χ4v) is 3.10. The summed E-state index contributed by atoms with van der Waals surface area (Å²) in [6, 6.07) is 7.89. The van der Waals surface area contributed by atoms with Gasteiger partial charge in [-0.3, -0.25) is 0 Å². The van der Waals surface area contributed by atoms with Crippen LogP contribution in [0, 0.1) is 0 Å². The number of fused-ring (bicyclic) bond motifs is 1. The van der Waals surface area contributed by atoms with Crippen molar-refractivity contribution >= 4 is 17.6 Å². The van der Waals surface area contributed by atoms with E-state index in [-0.39, 0.29) is 0 Å². The second-order valence-corrected chi connectivity index (χ2v) is 6.31. The van der Waals surface area contributed by atoms with Gasteiger partial charge >= 0.3 is 0 Å². The molecule has 1 aromatic heterocycles. The van der Waals surface area contributed by atoms with Gasteiger partial charge in [0.25, 0.3) is 0 Å². The average Bonchev–Trinajstić information content (AvgIpc) is 3.17. The molecule has 0 fully saturated rings. The van der Waals surface area contributed by atoms with Crippen LogP contribution >= 0.6 is 11.6 Å². The van der Waals surface area contributed by atoms with E-state index in [1.54, 1.807) is 0 Å². The summed E-state index contributed by atoms with van der Waals surface area (Å²) < 4.78 is 2.18. The molecule has 0 amide bonds. The van der Waals surface area contributed by atoms with Gasteiger partial charge in [-0.25, -0.2) is 4.99 Å². The van der Waals surface area contributed by atoms with E-state index in [1.807, 2.05) is 31.3 Å². The molecule has 1 N–H and O–H groups in total. The summed E-state index contributed by atoms with van der Waals surface area (Å²) >= 11 is 6.26. The van der Waals surface area contributed by atoms with Crippen LogP contribution in [0.1, 0.15) is 30.6 Å². The van der Waals surface area contributed by atoms with Crippen molar-refractivity contribution in [3.63, 3.8) is 0 Å². The zero-order valence-corrected chi connectivity index (χ0v) is 14.9. The first-order valence-corrected chi connectivity index (χ1v) is 8.70. The maximum absolute atomic E-state index is 6.26. The van der Waals surface area contributed by atoms with Crippen molar-refractivity contribution in [3.05, 3.63) is 46.5 Å². The second-order valence-electron chi connectivity index (χ2n) is 5.91. The van der Waals surface area contributed by atoms with E-state index in [0.29, 0.717) is 13.1 Å². The Morgan fingerprint density at radius 2 is 2.21 bits per heavy atom. The number of hydrogen-bond donors (Lipinski definition) is 1. The van der Waals surface area contributed by atoms with Gasteiger partial charge in [0.15, 0.2) is 11.8 Å². The summed E-state index contributed by atoms with van der Waals surface area (Å²) in [5, 5.41) is 12.6. The van der Waals surface area contributed by atoms with Crippen molar-refractivity contribution in [3.8, 4) is 0 Å². The highest BCUT2D eigenvalue weighted by atomic mass is 35.5. The van der Waals surface area contributed by atoms with Crippen molar-refractivity contribution in [2.45, 2.75) is 39.4 Å². The first-order valence-electron chi connectivity index (χ1n) is 8.33. The Morgan fingerprint density at radius 3 is 3.00 bits per heavy atom. The van der Waals surface area contributed by atoms with Crippen LogP contribution in [0.2, 0.25) is 5.02 Å². The first kappa shape index (κ1) is 16.8. The molecule has 0 radical (unpaired) electrons. The number of rotatable bonds is 5. The van der Waals surface area contributed by atoms with Crippen LogP contribution < -0.4 is 5.32 Å². The summed E-state index contributed by atoms with van der Waals surface area (Å²) in [4.78, 5) is 6.80. The topological polar surface area (TPSA) is 58.3 Å². The fraction of sp³-hybridized carbons (Fsp3) is 0.471. The van der Waals surface area contributed by atoms with E-state index in [9.17, 15) is 0 Å². The summed E-state index contributed by atoms with van der Waals surface area (Å²) in [5.41, 5.74) is 1.08. The van der Waals surface area contributed by atoms with Gasteiger partial charge in [-0.2, -0.15) is 0 Å². The van der Waals surface area contributed by atoms with Crippen molar-refractivity contribution < 1.29 is 0 Å². The van der Waals surface area contributed by atoms with E-state index < -0.39 is 0 Å². The van der Waals surface area contributed by atoms with Gasteiger partial charge in [0.2, 0.25) is 0 Å². The van der Waals surface area contributed by atoms with E-state index in [2.05, 4.69) is 31.9 Å². The third-order valence-electron chi connectivity index (χ3n) is 4.12. The minimum Gasteiger partial charge on any atom is -0.357 e. The first-order chi connectivity index (χ1) is 11.7. The molecule has 1 aliphatic heterocycles. The molecule has 0 saturated heterocycles. The third kappa shape index (κ3) is 3.70. The molecule has 24 heavy (non-hydrogen) atoms. The Labute approximate surface area is 147 Å². The molecule has 1 aromatic carbocycles. The number of aliphatic imine (C=N–C) groups is 1. The Morgan fingerprint density at radius 1 is 1.38 bits per heavy atom. The lowest BCUT2D eigenvalue weighted by atomic mass is 10.2. The summed E-state index contributed by atoms with van der Waals surface area (Å²) in [6.45, 7) is 5.10. The second kappa shape index (κ2) is 7.66. The average molecular weight is 347 g/mol. The molecule has 0 unspecified atom stereocenters. The number of nitrogens with zero attached hydrogens (tertiary/aromatic N) is 5. The summed E-state index contributed by atoms with van der Waals surface area (Å²) in [6.07, 6.45) is 2.16. The Balaban J connectivity index is 1.72. The van der Waals surface area contributed by atoms with Gasteiger partial charge in [0, 0.05) is 38.1 Å². The lowest BCUT2D eigenvalue weighted by molar-refractivity contribution is 0.476. The van der Waals surface area contributed by atoms with Gasteiger partial charge in [-0.15, -0.1) is 10.2 Å². The number of benzene rings is 1. The Bertz CT molecular complexity index is 724. The van der Waals surface area contributed by atoms with E-state index in [0.717, 1.165) is 54.1 Å². The van der Waals surface area contributed by atoms with E-state index in [1.165, 1.54) is 0 Å². The highest BCUT2D eigenvalue weighted by Crippen LogP contribution is 2.17. The van der Waals surface area contributed by atoms with Gasteiger partial charge in [0.1, 0.15) is 12.4 Å². The zero-order valence-electron chi connectivity index (χ0n) is 14.2. The van der Waals surface area contributed by atoms with Crippen molar-refractivity contribution in [1.82, 2.24) is 25.0 Å². The van der Waals surface area contributed by atoms with Crippen LogP contribution in [0.5, 0.6) is 0 Å². The maximum atomic E-state index is 6.26. The fourth-order valence-electron chi connectivity index (χ4n) is 2.90. The van der Waals surface area contributed by atoms with Crippen molar-refractivity contribution in [1.29, 1.82) is 0 Å².